The minimum atomic E-state index is 0.539. The third-order valence-electron chi connectivity index (χ3n) is 3.33. The van der Waals surface area contributed by atoms with E-state index in [0.29, 0.717) is 24.9 Å². The molecule has 1 aromatic carbocycles. The van der Waals surface area contributed by atoms with Crippen molar-refractivity contribution in [2.75, 3.05) is 7.05 Å². The van der Waals surface area contributed by atoms with Gasteiger partial charge in [-0.3, -0.25) is 4.99 Å². The second kappa shape index (κ2) is 7.74. The second-order valence-electron chi connectivity index (χ2n) is 5.13. The highest BCUT2D eigenvalue weighted by Crippen LogP contribution is 2.17. The van der Waals surface area contributed by atoms with E-state index < -0.39 is 0 Å². The Bertz CT molecular complexity index is 809. The minimum Gasteiger partial charge on any atom is -0.444 e. The van der Waals surface area contributed by atoms with Gasteiger partial charge in [-0.15, -0.1) is 11.3 Å². The molecule has 0 aliphatic carbocycles. The van der Waals surface area contributed by atoms with Crippen LogP contribution in [0.4, 0.5) is 0 Å². The minimum absolute atomic E-state index is 0.539. The van der Waals surface area contributed by atoms with Gasteiger partial charge >= 0.3 is 0 Å². The van der Waals surface area contributed by atoms with Gasteiger partial charge in [-0.2, -0.15) is 0 Å². The maximum atomic E-state index is 5.53. The van der Waals surface area contributed by atoms with Crippen LogP contribution < -0.4 is 10.6 Å². The summed E-state index contributed by atoms with van der Waals surface area (Å²) in [6.07, 6.45) is 3.54. The molecule has 24 heavy (non-hydrogen) atoms. The van der Waals surface area contributed by atoms with Crippen LogP contribution in [-0.4, -0.2) is 23.0 Å². The van der Waals surface area contributed by atoms with Crippen molar-refractivity contribution in [3.05, 3.63) is 58.4 Å². The van der Waals surface area contributed by atoms with Crippen molar-refractivity contribution in [2.24, 2.45) is 4.99 Å². The molecule has 0 spiro atoms. The summed E-state index contributed by atoms with van der Waals surface area (Å²) in [5.41, 5.74) is 1.79. The molecule has 0 saturated heterocycles. The summed E-state index contributed by atoms with van der Waals surface area (Å²) in [5, 5.41) is 7.55. The van der Waals surface area contributed by atoms with Crippen molar-refractivity contribution in [1.82, 2.24) is 20.6 Å². The Hall–Kier alpha value is -2.67. The van der Waals surface area contributed by atoms with E-state index in [2.05, 4.69) is 25.6 Å². The molecule has 7 heteroatoms. The number of oxazole rings is 1. The smallest absolute Gasteiger partial charge is 0.226 e. The zero-order chi connectivity index (χ0) is 16.8. The van der Waals surface area contributed by atoms with E-state index in [1.54, 1.807) is 24.6 Å². The van der Waals surface area contributed by atoms with Gasteiger partial charge in [0.25, 0.3) is 0 Å². The summed E-state index contributed by atoms with van der Waals surface area (Å²) in [5.74, 6) is 1.33. The number of hydrogen-bond acceptors (Lipinski definition) is 5. The third-order valence-corrected chi connectivity index (χ3v) is 4.25. The number of aromatic nitrogens is 2. The van der Waals surface area contributed by atoms with Crippen LogP contribution in [-0.2, 0) is 13.1 Å². The standard InChI is InChI=1S/C17H19N5OS/c1-12-19-9-15(24-12)10-21-17(18-2)20-8-14-11-23-16(22-14)13-6-4-3-5-7-13/h3-7,9,11H,8,10H2,1-2H3,(H2,18,20,21). The fraction of sp³-hybridized carbons (Fsp3) is 0.235. The quantitative estimate of drug-likeness (QED) is 0.551. The zero-order valence-corrected chi connectivity index (χ0v) is 14.4. The Morgan fingerprint density at radius 2 is 2.00 bits per heavy atom. The van der Waals surface area contributed by atoms with Crippen LogP contribution in [0.1, 0.15) is 15.6 Å². The first kappa shape index (κ1) is 16.2. The molecule has 124 valence electrons. The largest absolute Gasteiger partial charge is 0.444 e. The molecule has 0 fully saturated rings. The molecule has 6 nitrogen and oxygen atoms in total. The number of hydrogen-bond donors (Lipinski definition) is 2. The monoisotopic (exact) mass is 341 g/mol. The van der Waals surface area contributed by atoms with Crippen LogP contribution >= 0.6 is 11.3 Å². The Morgan fingerprint density at radius 1 is 1.21 bits per heavy atom. The number of aryl methyl sites for hydroxylation is 1. The lowest BCUT2D eigenvalue weighted by Gasteiger charge is -2.09. The van der Waals surface area contributed by atoms with Gasteiger partial charge in [0.05, 0.1) is 23.8 Å². The van der Waals surface area contributed by atoms with E-state index >= 15 is 0 Å². The topological polar surface area (TPSA) is 75.3 Å². The van der Waals surface area contributed by atoms with E-state index in [1.165, 1.54) is 4.88 Å². The molecule has 0 unspecified atom stereocenters. The molecular formula is C17H19N5OS. The van der Waals surface area contributed by atoms with Gasteiger partial charge in [0.15, 0.2) is 5.96 Å². The van der Waals surface area contributed by atoms with Crippen molar-refractivity contribution in [3.63, 3.8) is 0 Å². The van der Waals surface area contributed by atoms with E-state index in [9.17, 15) is 0 Å². The average Bonchev–Trinajstić information content (AvgIpc) is 3.25. The number of benzene rings is 1. The maximum absolute atomic E-state index is 5.53. The highest BCUT2D eigenvalue weighted by molar-refractivity contribution is 7.11. The summed E-state index contributed by atoms with van der Waals surface area (Å²) in [7, 11) is 1.74. The fourth-order valence-corrected chi connectivity index (χ4v) is 2.89. The Labute approximate surface area is 144 Å². The lowest BCUT2D eigenvalue weighted by Crippen LogP contribution is -2.36. The van der Waals surface area contributed by atoms with E-state index in [-0.39, 0.29) is 0 Å². The van der Waals surface area contributed by atoms with Crippen molar-refractivity contribution in [1.29, 1.82) is 0 Å². The lowest BCUT2D eigenvalue weighted by atomic mass is 10.2. The first-order chi connectivity index (χ1) is 11.7. The molecule has 0 bridgehead atoms. The SMILES string of the molecule is CN=C(NCc1coc(-c2ccccc2)n1)NCc1cnc(C)s1. The number of rotatable bonds is 5. The summed E-state index contributed by atoms with van der Waals surface area (Å²) in [6, 6.07) is 9.84. The van der Waals surface area contributed by atoms with Crippen molar-refractivity contribution in [3.8, 4) is 11.5 Å². The van der Waals surface area contributed by atoms with Crippen molar-refractivity contribution >= 4 is 17.3 Å². The molecule has 2 N–H and O–H groups in total. The predicted molar refractivity (Wildman–Crippen MR) is 95.8 cm³/mol. The molecule has 2 heterocycles. The van der Waals surface area contributed by atoms with Gasteiger partial charge in [-0.05, 0) is 19.1 Å². The first-order valence-electron chi connectivity index (χ1n) is 7.60. The van der Waals surface area contributed by atoms with Gasteiger partial charge in [0.2, 0.25) is 5.89 Å². The van der Waals surface area contributed by atoms with Crippen molar-refractivity contribution in [2.45, 2.75) is 20.0 Å². The molecule has 2 aromatic heterocycles. The van der Waals surface area contributed by atoms with Crippen LogP contribution in [0.15, 0.2) is 52.2 Å². The first-order valence-corrected chi connectivity index (χ1v) is 8.42. The zero-order valence-electron chi connectivity index (χ0n) is 13.6. The van der Waals surface area contributed by atoms with Crippen molar-refractivity contribution < 1.29 is 4.42 Å². The van der Waals surface area contributed by atoms with Gasteiger partial charge in [-0.25, -0.2) is 9.97 Å². The Kier molecular flexibility index (Phi) is 5.22. The molecule has 0 aliphatic rings. The van der Waals surface area contributed by atoms with E-state index in [1.807, 2.05) is 43.5 Å². The molecular weight excluding hydrogens is 322 g/mol. The van der Waals surface area contributed by atoms with E-state index in [0.717, 1.165) is 16.3 Å². The highest BCUT2D eigenvalue weighted by atomic mass is 32.1. The van der Waals surface area contributed by atoms with Crippen LogP contribution in [0, 0.1) is 6.92 Å². The van der Waals surface area contributed by atoms with Gasteiger partial charge in [-0.1, -0.05) is 18.2 Å². The summed E-state index contributed by atoms with van der Waals surface area (Å²) >= 11 is 1.67. The summed E-state index contributed by atoms with van der Waals surface area (Å²) in [4.78, 5) is 14.1. The lowest BCUT2D eigenvalue weighted by molar-refractivity contribution is 0.572. The predicted octanol–water partition coefficient (Wildman–Crippen LogP) is 2.97. The van der Waals surface area contributed by atoms with Crippen LogP contribution in [0.3, 0.4) is 0 Å². The number of nitrogens with one attached hydrogen (secondary N) is 2. The Morgan fingerprint density at radius 3 is 2.71 bits per heavy atom. The Balaban J connectivity index is 1.53. The van der Waals surface area contributed by atoms with Gasteiger partial charge in [0, 0.05) is 23.7 Å². The molecule has 0 saturated carbocycles. The van der Waals surface area contributed by atoms with Crippen LogP contribution in [0.25, 0.3) is 11.5 Å². The summed E-state index contributed by atoms with van der Waals surface area (Å²) in [6.45, 7) is 3.23. The number of aliphatic imine (C=N–C) groups is 1. The summed E-state index contributed by atoms with van der Waals surface area (Å²) < 4.78 is 5.53. The normalized spacial score (nSPS) is 11.5. The van der Waals surface area contributed by atoms with Crippen LogP contribution in [0.5, 0.6) is 0 Å². The van der Waals surface area contributed by atoms with E-state index in [4.69, 9.17) is 4.42 Å². The second-order valence-corrected chi connectivity index (χ2v) is 6.45. The van der Waals surface area contributed by atoms with Crippen LogP contribution in [0.2, 0.25) is 0 Å². The number of thiazole rings is 1. The highest BCUT2D eigenvalue weighted by Gasteiger charge is 2.07. The number of guanidine groups is 1. The third kappa shape index (κ3) is 4.20. The van der Waals surface area contributed by atoms with Gasteiger partial charge < -0.3 is 15.1 Å². The average molecular weight is 341 g/mol. The fourth-order valence-electron chi connectivity index (χ4n) is 2.15. The number of nitrogens with zero attached hydrogens (tertiary/aromatic N) is 3. The maximum Gasteiger partial charge on any atom is 0.226 e. The molecule has 0 amide bonds. The molecule has 0 aliphatic heterocycles. The molecule has 3 aromatic rings. The molecule has 0 radical (unpaired) electrons. The molecule has 3 rings (SSSR count). The van der Waals surface area contributed by atoms with Gasteiger partial charge in [0.1, 0.15) is 6.26 Å². The molecule has 0 atom stereocenters.